The Labute approximate surface area is 182 Å². The molecule has 2 aromatic rings. The van der Waals surface area contributed by atoms with Crippen molar-refractivity contribution in [1.29, 1.82) is 0 Å². The molecule has 5 nitrogen and oxygen atoms in total. The number of benzene rings is 2. The first-order valence-electron chi connectivity index (χ1n) is 10.4. The normalized spacial score (nSPS) is 21.6. The number of carbonyl (C=O) groups excluding carboxylic acids is 1. The second-order valence-corrected chi connectivity index (χ2v) is 10.2. The predicted octanol–water partition coefficient (Wildman–Crippen LogP) is 3.55. The summed E-state index contributed by atoms with van der Waals surface area (Å²) in [7, 11) is -3.66. The Bertz CT molecular complexity index is 1040. The van der Waals surface area contributed by atoms with Gasteiger partial charge in [-0.3, -0.25) is 4.79 Å². The van der Waals surface area contributed by atoms with E-state index in [2.05, 4.69) is 4.72 Å². The molecule has 0 aliphatic carbocycles. The number of likely N-dealkylation sites (tertiary alicyclic amines) is 1. The molecule has 0 bridgehead atoms. The molecule has 0 aromatic heterocycles. The lowest BCUT2D eigenvalue weighted by atomic mass is 9.96. The van der Waals surface area contributed by atoms with Crippen LogP contribution >= 0.6 is 0 Å². The van der Waals surface area contributed by atoms with Gasteiger partial charge in [0.15, 0.2) is 0 Å². The average molecular weight is 451 g/mol. The highest BCUT2D eigenvalue weighted by Gasteiger charge is 2.46. The van der Waals surface area contributed by atoms with Crippen molar-refractivity contribution < 1.29 is 22.0 Å². The van der Waals surface area contributed by atoms with Gasteiger partial charge in [-0.15, -0.1) is 0 Å². The van der Waals surface area contributed by atoms with E-state index in [4.69, 9.17) is 0 Å². The molecule has 1 aliphatic rings. The van der Waals surface area contributed by atoms with Crippen LogP contribution in [0.5, 0.6) is 0 Å². The summed E-state index contributed by atoms with van der Waals surface area (Å²) < 4.78 is 55.3. The van der Waals surface area contributed by atoms with Crippen LogP contribution in [-0.4, -0.2) is 49.8 Å². The lowest BCUT2D eigenvalue weighted by Crippen LogP contribution is -2.50. The maximum Gasteiger partial charge on any atom is 0.225 e. The number of halogens is 2. The standard InChI is InChI=1S/C23H28F2N2O3S/c1-4-31(29,30)26-22-20(25)14-27(23(28)15(2)3)21(22)12-16-7-5-8-17(11-16)18-9-6-10-19(24)13-18/h5-11,13,15,20-22,26H,4,12,14H2,1-3H3/t20-,21-,22-/m0/s1. The first-order chi connectivity index (χ1) is 14.6. The van der Waals surface area contributed by atoms with E-state index in [1.54, 1.807) is 26.0 Å². The molecular weight excluding hydrogens is 422 g/mol. The molecule has 0 unspecified atom stereocenters. The van der Waals surface area contributed by atoms with Crippen LogP contribution in [0.3, 0.4) is 0 Å². The molecule has 1 aliphatic heterocycles. The van der Waals surface area contributed by atoms with Gasteiger partial charge in [-0.05, 0) is 42.2 Å². The minimum absolute atomic E-state index is 0.151. The molecule has 3 atom stereocenters. The van der Waals surface area contributed by atoms with E-state index in [-0.39, 0.29) is 36.4 Å². The molecule has 1 N–H and O–H groups in total. The summed E-state index contributed by atoms with van der Waals surface area (Å²) in [6.45, 7) is 4.81. The van der Waals surface area contributed by atoms with Crippen LogP contribution in [0.25, 0.3) is 11.1 Å². The molecule has 168 valence electrons. The highest BCUT2D eigenvalue weighted by atomic mass is 32.2. The number of hydrogen-bond acceptors (Lipinski definition) is 3. The average Bonchev–Trinajstić information content (AvgIpc) is 3.02. The molecule has 1 saturated heterocycles. The van der Waals surface area contributed by atoms with Gasteiger partial charge in [-0.2, -0.15) is 0 Å². The van der Waals surface area contributed by atoms with E-state index in [0.29, 0.717) is 5.56 Å². The van der Waals surface area contributed by atoms with Crippen LogP contribution in [0, 0.1) is 11.7 Å². The maximum atomic E-state index is 14.9. The Kier molecular flexibility index (Phi) is 7.11. The van der Waals surface area contributed by atoms with Crippen LogP contribution < -0.4 is 4.72 Å². The van der Waals surface area contributed by atoms with Crippen molar-refractivity contribution in [2.24, 2.45) is 5.92 Å². The van der Waals surface area contributed by atoms with Gasteiger partial charge in [0.05, 0.1) is 24.4 Å². The first-order valence-corrected chi connectivity index (χ1v) is 12.1. The van der Waals surface area contributed by atoms with Gasteiger partial charge in [-0.1, -0.05) is 50.2 Å². The molecule has 8 heteroatoms. The lowest BCUT2D eigenvalue weighted by Gasteiger charge is -2.29. The van der Waals surface area contributed by atoms with E-state index in [0.717, 1.165) is 11.1 Å². The maximum absolute atomic E-state index is 14.9. The zero-order chi connectivity index (χ0) is 22.8. The number of hydrogen-bond donors (Lipinski definition) is 1. The van der Waals surface area contributed by atoms with Crippen molar-refractivity contribution in [2.75, 3.05) is 12.3 Å². The van der Waals surface area contributed by atoms with E-state index < -0.39 is 28.3 Å². The largest absolute Gasteiger partial charge is 0.334 e. The summed E-state index contributed by atoms with van der Waals surface area (Å²) in [5.74, 6) is -1.07. The van der Waals surface area contributed by atoms with E-state index >= 15 is 0 Å². The fourth-order valence-electron chi connectivity index (χ4n) is 3.92. The molecule has 3 rings (SSSR count). The summed E-state index contributed by atoms with van der Waals surface area (Å²) >= 11 is 0. The van der Waals surface area contributed by atoms with Crippen LogP contribution in [0.15, 0.2) is 48.5 Å². The number of nitrogens with one attached hydrogen (secondary N) is 1. The molecule has 31 heavy (non-hydrogen) atoms. The number of alkyl halides is 1. The van der Waals surface area contributed by atoms with Crippen molar-refractivity contribution in [2.45, 2.75) is 45.4 Å². The van der Waals surface area contributed by atoms with Gasteiger partial charge >= 0.3 is 0 Å². The number of amides is 1. The summed E-state index contributed by atoms with van der Waals surface area (Å²) in [6, 6.07) is 11.9. The van der Waals surface area contributed by atoms with Gasteiger partial charge < -0.3 is 4.90 Å². The van der Waals surface area contributed by atoms with Gasteiger partial charge in [0, 0.05) is 5.92 Å². The van der Waals surface area contributed by atoms with E-state index in [9.17, 15) is 22.0 Å². The Hall–Kier alpha value is -2.32. The number of sulfonamides is 1. The third-order valence-electron chi connectivity index (χ3n) is 5.58. The monoisotopic (exact) mass is 450 g/mol. The van der Waals surface area contributed by atoms with Crippen LogP contribution in [0.1, 0.15) is 26.3 Å². The number of nitrogens with zero attached hydrogens (tertiary/aromatic N) is 1. The third-order valence-corrected chi connectivity index (χ3v) is 6.97. The fraction of sp³-hybridized carbons (Fsp3) is 0.435. The molecule has 0 radical (unpaired) electrons. The Morgan fingerprint density at radius 1 is 1.16 bits per heavy atom. The number of carbonyl (C=O) groups is 1. The Morgan fingerprint density at radius 3 is 2.42 bits per heavy atom. The number of rotatable bonds is 7. The predicted molar refractivity (Wildman–Crippen MR) is 117 cm³/mol. The summed E-state index contributed by atoms with van der Waals surface area (Å²) in [4.78, 5) is 14.2. The van der Waals surface area contributed by atoms with E-state index in [1.807, 2.05) is 24.3 Å². The minimum Gasteiger partial charge on any atom is -0.334 e. The van der Waals surface area contributed by atoms with Crippen molar-refractivity contribution in [1.82, 2.24) is 9.62 Å². The summed E-state index contributed by atoms with van der Waals surface area (Å²) in [5, 5.41) is 0. The summed E-state index contributed by atoms with van der Waals surface area (Å²) in [6.07, 6.45) is -1.22. The van der Waals surface area contributed by atoms with Crippen LogP contribution in [-0.2, 0) is 21.2 Å². The van der Waals surface area contributed by atoms with Gasteiger partial charge in [-0.25, -0.2) is 21.9 Å². The van der Waals surface area contributed by atoms with Crippen molar-refractivity contribution >= 4 is 15.9 Å². The molecule has 1 amide bonds. The van der Waals surface area contributed by atoms with Crippen molar-refractivity contribution in [3.63, 3.8) is 0 Å². The van der Waals surface area contributed by atoms with Gasteiger partial charge in [0.1, 0.15) is 12.0 Å². The fourth-order valence-corrected chi connectivity index (χ4v) is 4.81. The topological polar surface area (TPSA) is 66.5 Å². The third kappa shape index (κ3) is 5.49. The first kappa shape index (κ1) is 23.3. The molecule has 2 aromatic carbocycles. The zero-order valence-electron chi connectivity index (χ0n) is 17.9. The Balaban J connectivity index is 1.94. The molecular formula is C23H28F2N2O3S. The quantitative estimate of drug-likeness (QED) is 0.702. The van der Waals surface area contributed by atoms with Gasteiger partial charge in [0.25, 0.3) is 0 Å². The van der Waals surface area contributed by atoms with Crippen LogP contribution in [0.4, 0.5) is 8.78 Å². The lowest BCUT2D eigenvalue weighted by molar-refractivity contribution is -0.135. The summed E-state index contributed by atoms with van der Waals surface area (Å²) in [5.41, 5.74) is 2.30. The Morgan fingerprint density at radius 2 is 1.81 bits per heavy atom. The van der Waals surface area contributed by atoms with E-state index in [1.165, 1.54) is 24.0 Å². The van der Waals surface area contributed by atoms with Crippen molar-refractivity contribution in [3.05, 3.63) is 59.9 Å². The SMILES string of the molecule is CCS(=O)(=O)N[C@H]1[C@@H](F)CN(C(=O)C(C)C)[C@H]1Cc1cccc(-c2cccc(F)c2)c1. The second kappa shape index (κ2) is 9.44. The van der Waals surface area contributed by atoms with Crippen molar-refractivity contribution in [3.8, 4) is 11.1 Å². The molecule has 0 spiro atoms. The zero-order valence-corrected chi connectivity index (χ0v) is 18.7. The molecule has 1 heterocycles. The molecule has 1 fully saturated rings. The second-order valence-electron chi connectivity index (χ2n) is 8.19. The highest BCUT2D eigenvalue weighted by Crippen LogP contribution is 2.28. The smallest absolute Gasteiger partial charge is 0.225 e. The van der Waals surface area contributed by atoms with Gasteiger partial charge in [0.2, 0.25) is 15.9 Å². The highest BCUT2D eigenvalue weighted by molar-refractivity contribution is 7.89. The van der Waals surface area contributed by atoms with Crippen LogP contribution in [0.2, 0.25) is 0 Å². The minimum atomic E-state index is -3.66. The molecule has 0 saturated carbocycles.